The maximum atomic E-state index is 12.3. The number of allylic oxidation sites excluding steroid dienone is 1. The molecule has 0 aliphatic carbocycles. The molecule has 4 nitrogen and oxygen atoms in total. The molecule has 1 aliphatic rings. The van der Waals surface area contributed by atoms with Gasteiger partial charge in [0.25, 0.3) is 0 Å². The summed E-state index contributed by atoms with van der Waals surface area (Å²) in [6, 6.07) is 15.8. The molecule has 0 atom stereocenters. The molecule has 1 aliphatic heterocycles. The van der Waals surface area contributed by atoms with Crippen LogP contribution < -0.4 is 10.7 Å². The second-order valence-electron chi connectivity index (χ2n) is 6.15. The number of piperazine rings is 1. The van der Waals surface area contributed by atoms with Crippen LogP contribution in [0.4, 0.5) is 5.69 Å². The summed E-state index contributed by atoms with van der Waals surface area (Å²) in [7, 11) is 0. The number of aryl methyl sites for hydroxylation is 1. The monoisotopic (exact) mass is 321 g/mol. The molecule has 0 spiro atoms. The molecule has 2 aromatic carbocycles. The Balaban J connectivity index is 1.77. The Bertz CT molecular complexity index is 729. The number of nitrogens with two attached hydrogens (primary N) is 1. The second-order valence-corrected chi connectivity index (χ2v) is 6.15. The van der Waals surface area contributed by atoms with E-state index in [2.05, 4.69) is 11.0 Å². The van der Waals surface area contributed by atoms with Gasteiger partial charge < -0.3 is 4.90 Å². The van der Waals surface area contributed by atoms with Crippen LogP contribution in [0.15, 0.2) is 54.6 Å². The molecule has 2 N–H and O–H groups in total. The number of hydrazine groups is 1. The van der Waals surface area contributed by atoms with E-state index in [1.54, 1.807) is 6.08 Å². The van der Waals surface area contributed by atoms with E-state index in [1.807, 2.05) is 60.5 Å². The summed E-state index contributed by atoms with van der Waals surface area (Å²) >= 11 is 0. The number of carbonyl (C=O) groups is 1. The van der Waals surface area contributed by atoms with E-state index in [9.17, 15) is 4.79 Å². The average Bonchev–Trinajstić information content (AvgIpc) is 2.61. The maximum Gasteiger partial charge on any atom is 0.185 e. The Morgan fingerprint density at radius 1 is 1.00 bits per heavy atom. The van der Waals surface area contributed by atoms with Crippen LogP contribution in [0.3, 0.4) is 0 Å². The molecule has 1 fully saturated rings. The third-order valence-corrected chi connectivity index (χ3v) is 4.34. The van der Waals surface area contributed by atoms with E-state index >= 15 is 0 Å². The largest absolute Gasteiger partial charge is 0.368 e. The highest BCUT2D eigenvalue weighted by molar-refractivity contribution is 6.07. The highest BCUT2D eigenvalue weighted by Gasteiger charge is 2.16. The Morgan fingerprint density at radius 2 is 1.67 bits per heavy atom. The third kappa shape index (κ3) is 3.91. The number of para-hydroxylation sites is 1. The van der Waals surface area contributed by atoms with Gasteiger partial charge in [-0.25, -0.2) is 5.01 Å². The predicted molar refractivity (Wildman–Crippen MR) is 99.0 cm³/mol. The molecule has 2 aromatic rings. The van der Waals surface area contributed by atoms with Crippen molar-refractivity contribution in [1.82, 2.24) is 5.01 Å². The van der Waals surface area contributed by atoms with Crippen molar-refractivity contribution in [3.05, 3.63) is 71.3 Å². The van der Waals surface area contributed by atoms with Crippen molar-refractivity contribution in [3.8, 4) is 0 Å². The number of rotatable bonds is 4. The van der Waals surface area contributed by atoms with Crippen LogP contribution in [0, 0.1) is 6.92 Å². The first-order valence-electron chi connectivity index (χ1n) is 8.26. The number of nitrogens with zero attached hydrogens (tertiary/aromatic N) is 2. The molecule has 24 heavy (non-hydrogen) atoms. The first kappa shape index (κ1) is 16.4. The smallest absolute Gasteiger partial charge is 0.185 e. The average molecular weight is 321 g/mol. The standard InChI is InChI=1S/C20H23N3O/c1-16-6-8-18(9-7-16)20(24)11-10-17-4-2-3-5-19(17)22-12-14-23(21)15-13-22/h2-11H,12-15,21H2,1H3. The van der Waals surface area contributed by atoms with Gasteiger partial charge in [0, 0.05) is 37.4 Å². The lowest BCUT2D eigenvalue weighted by atomic mass is 10.1. The van der Waals surface area contributed by atoms with Crippen molar-refractivity contribution in [2.24, 2.45) is 5.84 Å². The van der Waals surface area contributed by atoms with Crippen LogP contribution in [0.2, 0.25) is 0 Å². The van der Waals surface area contributed by atoms with Gasteiger partial charge in [0.1, 0.15) is 0 Å². The zero-order valence-corrected chi connectivity index (χ0v) is 14.0. The van der Waals surface area contributed by atoms with E-state index in [1.165, 1.54) is 0 Å². The zero-order chi connectivity index (χ0) is 16.9. The SMILES string of the molecule is Cc1ccc(C(=O)C=Cc2ccccc2N2CCN(N)CC2)cc1. The van der Waals surface area contributed by atoms with E-state index in [0.717, 1.165) is 43.0 Å². The Labute approximate surface area is 143 Å². The summed E-state index contributed by atoms with van der Waals surface area (Å²) in [4.78, 5) is 14.7. The van der Waals surface area contributed by atoms with Crippen LogP contribution in [-0.4, -0.2) is 37.0 Å². The van der Waals surface area contributed by atoms with E-state index in [4.69, 9.17) is 5.84 Å². The van der Waals surface area contributed by atoms with Crippen LogP contribution in [0.1, 0.15) is 21.5 Å². The molecule has 0 bridgehead atoms. The summed E-state index contributed by atoms with van der Waals surface area (Å²) in [6.45, 7) is 5.50. The lowest BCUT2D eigenvalue weighted by Gasteiger charge is -2.34. The summed E-state index contributed by atoms with van der Waals surface area (Å²) in [6.07, 6.45) is 3.56. The number of benzene rings is 2. The number of ketones is 1. The van der Waals surface area contributed by atoms with Crippen molar-refractivity contribution in [1.29, 1.82) is 0 Å². The first-order chi connectivity index (χ1) is 11.6. The Kier molecular flexibility index (Phi) is 5.08. The van der Waals surface area contributed by atoms with Gasteiger partial charge in [-0.15, -0.1) is 0 Å². The fraction of sp³-hybridized carbons (Fsp3) is 0.250. The van der Waals surface area contributed by atoms with Crippen molar-refractivity contribution in [2.75, 3.05) is 31.1 Å². The van der Waals surface area contributed by atoms with Crippen LogP contribution >= 0.6 is 0 Å². The highest BCUT2D eigenvalue weighted by atomic mass is 16.1. The molecule has 3 rings (SSSR count). The Morgan fingerprint density at radius 3 is 2.38 bits per heavy atom. The zero-order valence-electron chi connectivity index (χ0n) is 14.0. The van der Waals surface area contributed by atoms with Crippen LogP contribution in [0.5, 0.6) is 0 Å². The van der Waals surface area contributed by atoms with Gasteiger partial charge >= 0.3 is 0 Å². The summed E-state index contributed by atoms with van der Waals surface area (Å²) in [5.41, 5.74) is 4.08. The van der Waals surface area contributed by atoms with Gasteiger partial charge in [0.05, 0.1) is 0 Å². The van der Waals surface area contributed by atoms with Gasteiger partial charge in [-0.2, -0.15) is 0 Å². The van der Waals surface area contributed by atoms with Crippen LogP contribution in [-0.2, 0) is 0 Å². The van der Waals surface area contributed by atoms with Gasteiger partial charge in [-0.3, -0.25) is 10.6 Å². The third-order valence-electron chi connectivity index (χ3n) is 4.34. The van der Waals surface area contributed by atoms with Crippen molar-refractivity contribution in [2.45, 2.75) is 6.92 Å². The lowest BCUT2D eigenvalue weighted by Crippen LogP contribution is -2.49. The van der Waals surface area contributed by atoms with E-state index in [0.29, 0.717) is 5.56 Å². The molecule has 0 aromatic heterocycles. The molecule has 0 amide bonds. The molecule has 0 radical (unpaired) electrons. The minimum Gasteiger partial charge on any atom is -0.368 e. The summed E-state index contributed by atoms with van der Waals surface area (Å²) < 4.78 is 0. The van der Waals surface area contributed by atoms with Crippen molar-refractivity contribution >= 4 is 17.5 Å². The van der Waals surface area contributed by atoms with E-state index < -0.39 is 0 Å². The fourth-order valence-corrected chi connectivity index (χ4v) is 2.86. The first-order valence-corrected chi connectivity index (χ1v) is 8.26. The van der Waals surface area contributed by atoms with Gasteiger partial charge in [0.2, 0.25) is 0 Å². The molecule has 0 unspecified atom stereocenters. The highest BCUT2D eigenvalue weighted by Crippen LogP contribution is 2.23. The van der Waals surface area contributed by atoms with Gasteiger partial charge in [-0.1, -0.05) is 48.0 Å². The molecular weight excluding hydrogens is 298 g/mol. The minimum absolute atomic E-state index is 0.0246. The molecule has 1 heterocycles. The van der Waals surface area contributed by atoms with Crippen molar-refractivity contribution < 1.29 is 4.79 Å². The number of hydrogen-bond acceptors (Lipinski definition) is 4. The predicted octanol–water partition coefficient (Wildman–Crippen LogP) is 2.89. The maximum absolute atomic E-state index is 12.3. The van der Waals surface area contributed by atoms with Crippen LogP contribution in [0.25, 0.3) is 6.08 Å². The number of hydrogen-bond donors (Lipinski definition) is 1. The number of carbonyl (C=O) groups excluding carboxylic acids is 1. The summed E-state index contributed by atoms with van der Waals surface area (Å²) in [5.74, 6) is 5.86. The van der Waals surface area contributed by atoms with Gasteiger partial charge in [-0.05, 0) is 30.7 Å². The minimum atomic E-state index is 0.0246. The second kappa shape index (κ2) is 7.43. The lowest BCUT2D eigenvalue weighted by molar-refractivity contribution is 0.104. The normalized spacial score (nSPS) is 15.8. The fourth-order valence-electron chi connectivity index (χ4n) is 2.86. The van der Waals surface area contributed by atoms with E-state index in [-0.39, 0.29) is 5.78 Å². The molecule has 4 heteroatoms. The van der Waals surface area contributed by atoms with Gasteiger partial charge in [0.15, 0.2) is 5.78 Å². The number of anilines is 1. The summed E-state index contributed by atoms with van der Waals surface area (Å²) in [5, 5.41) is 1.84. The quantitative estimate of drug-likeness (QED) is 0.534. The molecule has 124 valence electrons. The molecule has 0 saturated carbocycles. The molecular formula is C20H23N3O. The Hall–Kier alpha value is -2.43. The van der Waals surface area contributed by atoms with Crippen molar-refractivity contribution in [3.63, 3.8) is 0 Å². The molecule has 1 saturated heterocycles. The topological polar surface area (TPSA) is 49.6 Å².